The zero-order chi connectivity index (χ0) is 18.3. The fourth-order valence-corrected chi connectivity index (χ4v) is 4.71. The van der Waals surface area contributed by atoms with Crippen LogP contribution in [0.25, 0.3) is 11.3 Å². The Morgan fingerprint density at radius 3 is 2.42 bits per heavy atom. The number of amides is 1. The standard InChI is InChI=1S/C22H28N2O2/c1-3-24-16(2)18(15-19(24)17-7-5-4-6-8-17)21(26)23-13-11-22(12-14-23)10-9-20(22)25/h4-8,15,20,25H,3,9-14H2,1-2H3. The second kappa shape index (κ2) is 6.58. The van der Waals surface area contributed by atoms with E-state index in [0.717, 1.165) is 67.8 Å². The van der Waals surface area contributed by atoms with E-state index in [1.807, 2.05) is 30.0 Å². The predicted molar refractivity (Wildman–Crippen MR) is 103 cm³/mol. The first-order chi connectivity index (χ1) is 12.6. The van der Waals surface area contributed by atoms with Crippen LogP contribution in [0.2, 0.25) is 0 Å². The van der Waals surface area contributed by atoms with Gasteiger partial charge in [0.15, 0.2) is 0 Å². The number of nitrogens with zero attached hydrogens (tertiary/aromatic N) is 2. The number of hydrogen-bond donors (Lipinski definition) is 1. The highest BCUT2D eigenvalue weighted by atomic mass is 16.3. The van der Waals surface area contributed by atoms with Crippen LogP contribution in [0, 0.1) is 12.3 Å². The number of aliphatic hydroxyl groups excluding tert-OH is 1. The van der Waals surface area contributed by atoms with Crippen molar-refractivity contribution in [2.45, 2.75) is 52.2 Å². The summed E-state index contributed by atoms with van der Waals surface area (Å²) in [6.07, 6.45) is 3.73. The van der Waals surface area contributed by atoms with E-state index in [0.29, 0.717) is 0 Å². The summed E-state index contributed by atoms with van der Waals surface area (Å²) in [6.45, 7) is 6.53. The van der Waals surface area contributed by atoms with Crippen LogP contribution >= 0.6 is 0 Å². The first kappa shape index (κ1) is 17.3. The minimum Gasteiger partial charge on any atom is -0.393 e. The maximum absolute atomic E-state index is 13.2. The Hall–Kier alpha value is -2.07. The molecule has 2 fully saturated rings. The summed E-state index contributed by atoms with van der Waals surface area (Å²) < 4.78 is 2.23. The van der Waals surface area contributed by atoms with Gasteiger partial charge in [-0.25, -0.2) is 0 Å². The first-order valence-electron chi connectivity index (χ1n) is 9.78. The lowest BCUT2D eigenvalue weighted by Crippen LogP contribution is -2.53. The smallest absolute Gasteiger partial charge is 0.255 e. The van der Waals surface area contributed by atoms with Crippen LogP contribution in [-0.2, 0) is 6.54 Å². The van der Waals surface area contributed by atoms with Gasteiger partial charge in [-0.2, -0.15) is 0 Å². The Bertz CT molecular complexity index is 801. The van der Waals surface area contributed by atoms with Gasteiger partial charge in [0.2, 0.25) is 0 Å². The van der Waals surface area contributed by atoms with Crippen LogP contribution in [-0.4, -0.2) is 39.7 Å². The molecule has 4 rings (SSSR count). The van der Waals surface area contributed by atoms with Gasteiger partial charge in [-0.1, -0.05) is 30.3 Å². The molecule has 0 bridgehead atoms. The van der Waals surface area contributed by atoms with E-state index < -0.39 is 0 Å². The highest BCUT2D eigenvalue weighted by Gasteiger charge is 2.48. The molecule has 1 aliphatic carbocycles. The Labute approximate surface area is 155 Å². The third-order valence-corrected chi connectivity index (χ3v) is 6.65. The molecule has 2 aliphatic rings. The molecular formula is C22H28N2O2. The molecule has 2 aromatic rings. The predicted octanol–water partition coefficient (Wildman–Crippen LogP) is 3.86. The molecule has 1 N–H and O–H groups in total. The van der Waals surface area contributed by atoms with Gasteiger partial charge >= 0.3 is 0 Å². The molecule has 1 saturated heterocycles. The highest BCUT2D eigenvalue weighted by Crippen LogP contribution is 2.49. The molecule has 0 radical (unpaired) electrons. The fourth-order valence-electron chi connectivity index (χ4n) is 4.71. The van der Waals surface area contributed by atoms with Gasteiger partial charge in [0.25, 0.3) is 5.91 Å². The van der Waals surface area contributed by atoms with Gasteiger partial charge < -0.3 is 14.6 Å². The quantitative estimate of drug-likeness (QED) is 0.912. The number of carbonyl (C=O) groups is 1. The highest BCUT2D eigenvalue weighted by molar-refractivity contribution is 5.97. The molecule has 1 spiro atoms. The maximum atomic E-state index is 13.2. The largest absolute Gasteiger partial charge is 0.393 e. The number of aliphatic hydroxyl groups is 1. The van der Waals surface area contributed by atoms with Crippen molar-refractivity contribution in [2.24, 2.45) is 5.41 Å². The molecule has 26 heavy (non-hydrogen) atoms. The average Bonchev–Trinajstić information content (AvgIpc) is 3.03. The number of rotatable bonds is 3. The van der Waals surface area contributed by atoms with Crippen molar-refractivity contribution in [3.8, 4) is 11.3 Å². The van der Waals surface area contributed by atoms with Gasteiger partial charge in [-0.3, -0.25) is 4.79 Å². The monoisotopic (exact) mass is 352 g/mol. The van der Waals surface area contributed by atoms with E-state index >= 15 is 0 Å². The molecule has 1 amide bonds. The van der Waals surface area contributed by atoms with E-state index in [-0.39, 0.29) is 17.4 Å². The van der Waals surface area contributed by atoms with Crippen LogP contribution in [0.5, 0.6) is 0 Å². The summed E-state index contributed by atoms with van der Waals surface area (Å²) in [5, 5.41) is 10.1. The summed E-state index contributed by atoms with van der Waals surface area (Å²) in [6, 6.07) is 12.3. The molecule has 1 aromatic carbocycles. The number of hydrogen-bond acceptors (Lipinski definition) is 2. The molecule has 1 unspecified atom stereocenters. The summed E-state index contributed by atoms with van der Waals surface area (Å²) in [4.78, 5) is 15.2. The molecule has 4 heteroatoms. The third-order valence-electron chi connectivity index (χ3n) is 6.65. The van der Waals surface area contributed by atoms with Crippen molar-refractivity contribution < 1.29 is 9.90 Å². The number of carbonyl (C=O) groups excluding carboxylic acids is 1. The van der Waals surface area contributed by atoms with Gasteiger partial charge in [-0.05, 0) is 56.6 Å². The minimum atomic E-state index is -0.160. The van der Waals surface area contributed by atoms with E-state index in [2.05, 4.69) is 29.7 Å². The number of benzene rings is 1. The molecule has 1 atom stereocenters. The Morgan fingerprint density at radius 2 is 1.88 bits per heavy atom. The lowest BCUT2D eigenvalue weighted by Gasteiger charge is -2.51. The molecule has 138 valence electrons. The summed E-state index contributed by atoms with van der Waals surface area (Å²) >= 11 is 0. The Balaban J connectivity index is 1.58. The van der Waals surface area contributed by atoms with Crippen molar-refractivity contribution in [2.75, 3.05) is 13.1 Å². The lowest BCUT2D eigenvalue weighted by molar-refractivity contribution is -0.0952. The number of aromatic nitrogens is 1. The summed E-state index contributed by atoms with van der Waals surface area (Å²) in [7, 11) is 0. The van der Waals surface area contributed by atoms with Crippen molar-refractivity contribution in [1.29, 1.82) is 0 Å². The van der Waals surface area contributed by atoms with Gasteiger partial charge in [0, 0.05) is 31.0 Å². The van der Waals surface area contributed by atoms with Crippen LogP contribution in [0.1, 0.15) is 48.7 Å². The van der Waals surface area contributed by atoms with Crippen LogP contribution < -0.4 is 0 Å². The van der Waals surface area contributed by atoms with Gasteiger partial charge in [0.05, 0.1) is 11.7 Å². The molecule has 4 nitrogen and oxygen atoms in total. The zero-order valence-electron chi connectivity index (χ0n) is 15.7. The van der Waals surface area contributed by atoms with E-state index in [4.69, 9.17) is 0 Å². The maximum Gasteiger partial charge on any atom is 0.255 e. The number of likely N-dealkylation sites (tertiary alicyclic amines) is 1. The normalized spacial score (nSPS) is 21.7. The van der Waals surface area contributed by atoms with Crippen LogP contribution in [0.3, 0.4) is 0 Å². The van der Waals surface area contributed by atoms with Crippen molar-refractivity contribution >= 4 is 5.91 Å². The van der Waals surface area contributed by atoms with Gasteiger partial charge in [-0.15, -0.1) is 0 Å². The van der Waals surface area contributed by atoms with E-state index in [1.165, 1.54) is 0 Å². The van der Waals surface area contributed by atoms with Gasteiger partial charge in [0.1, 0.15) is 0 Å². The second-order valence-corrected chi connectivity index (χ2v) is 7.85. The lowest BCUT2D eigenvalue weighted by atomic mass is 9.61. The topological polar surface area (TPSA) is 45.5 Å². The average molecular weight is 352 g/mol. The molecule has 2 heterocycles. The SMILES string of the molecule is CCn1c(-c2ccccc2)cc(C(=O)N2CCC3(CCC3O)CC2)c1C. The zero-order valence-corrected chi connectivity index (χ0v) is 15.7. The fraction of sp³-hybridized carbons (Fsp3) is 0.500. The molecular weight excluding hydrogens is 324 g/mol. The first-order valence-corrected chi connectivity index (χ1v) is 9.78. The van der Waals surface area contributed by atoms with E-state index in [1.54, 1.807) is 0 Å². The van der Waals surface area contributed by atoms with Crippen LogP contribution in [0.4, 0.5) is 0 Å². The van der Waals surface area contributed by atoms with Crippen molar-refractivity contribution in [3.63, 3.8) is 0 Å². The van der Waals surface area contributed by atoms with Crippen molar-refractivity contribution in [1.82, 2.24) is 9.47 Å². The summed E-state index contributed by atoms with van der Waals surface area (Å²) in [5.74, 6) is 0.135. The van der Waals surface area contributed by atoms with Crippen LogP contribution in [0.15, 0.2) is 36.4 Å². The minimum absolute atomic E-state index is 0.0936. The molecule has 1 aliphatic heterocycles. The third kappa shape index (κ3) is 2.67. The Morgan fingerprint density at radius 1 is 1.19 bits per heavy atom. The van der Waals surface area contributed by atoms with Crippen molar-refractivity contribution in [3.05, 3.63) is 47.7 Å². The Kier molecular flexibility index (Phi) is 4.39. The molecule has 1 saturated carbocycles. The number of piperidine rings is 1. The second-order valence-electron chi connectivity index (χ2n) is 7.85. The summed E-state index contributed by atoms with van der Waals surface area (Å²) in [5.41, 5.74) is 4.20. The molecule has 1 aromatic heterocycles. The van der Waals surface area contributed by atoms with E-state index in [9.17, 15) is 9.90 Å².